The Morgan fingerprint density at radius 2 is 2.05 bits per heavy atom. The van der Waals surface area contributed by atoms with Crippen molar-refractivity contribution in [3.8, 4) is 0 Å². The van der Waals surface area contributed by atoms with E-state index in [9.17, 15) is 5.11 Å². The molecule has 1 aromatic carbocycles. The summed E-state index contributed by atoms with van der Waals surface area (Å²) in [5.41, 5.74) is 3.41. The molecule has 0 unspecified atom stereocenters. The van der Waals surface area contributed by atoms with Crippen LogP contribution in [0.1, 0.15) is 29.8 Å². The molecule has 1 atom stereocenters. The van der Waals surface area contributed by atoms with Gasteiger partial charge in [0.15, 0.2) is 0 Å². The molecular formula is C15H21N3O. The maximum Gasteiger partial charge on any atom is 0.0666 e. The molecule has 4 heteroatoms. The molecule has 0 saturated heterocycles. The molecule has 0 aliphatic carbocycles. The lowest BCUT2D eigenvalue weighted by Gasteiger charge is -2.16. The van der Waals surface area contributed by atoms with Crippen LogP contribution in [0.2, 0.25) is 0 Å². The normalized spacial score (nSPS) is 12.6. The van der Waals surface area contributed by atoms with Gasteiger partial charge in [-0.25, -0.2) is 0 Å². The number of hydrogen-bond acceptors (Lipinski definition) is 3. The third-order valence-corrected chi connectivity index (χ3v) is 3.25. The van der Waals surface area contributed by atoms with Gasteiger partial charge in [0.25, 0.3) is 0 Å². The van der Waals surface area contributed by atoms with Crippen molar-refractivity contribution in [2.24, 2.45) is 7.05 Å². The topological polar surface area (TPSA) is 50.1 Å². The zero-order chi connectivity index (χ0) is 13.7. The van der Waals surface area contributed by atoms with Crippen LogP contribution in [0.3, 0.4) is 0 Å². The fourth-order valence-electron chi connectivity index (χ4n) is 2.24. The molecule has 19 heavy (non-hydrogen) atoms. The van der Waals surface area contributed by atoms with Gasteiger partial charge in [-0.3, -0.25) is 4.68 Å². The second-order valence-corrected chi connectivity index (χ2v) is 4.65. The van der Waals surface area contributed by atoms with Gasteiger partial charge in [0, 0.05) is 25.4 Å². The molecule has 0 amide bonds. The van der Waals surface area contributed by atoms with Gasteiger partial charge in [-0.2, -0.15) is 5.10 Å². The van der Waals surface area contributed by atoms with Crippen LogP contribution < -0.4 is 5.32 Å². The lowest BCUT2D eigenvalue weighted by molar-refractivity contribution is 0.243. The van der Waals surface area contributed by atoms with Crippen LogP contribution in [0.5, 0.6) is 0 Å². The highest BCUT2D eigenvalue weighted by molar-refractivity contribution is 5.21. The predicted octanol–water partition coefficient (Wildman–Crippen LogP) is 1.81. The molecule has 2 N–H and O–H groups in total. The Morgan fingerprint density at radius 1 is 1.32 bits per heavy atom. The molecule has 0 bridgehead atoms. The summed E-state index contributed by atoms with van der Waals surface area (Å²) in [6.45, 7) is 2.91. The van der Waals surface area contributed by atoms with E-state index in [4.69, 9.17) is 0 Å². The summed E-state index contributed by atoms with van der Waals surface area (Å²) in [5, 5.41) is 17.3. The lowest BCUT2D eigenvalue weighted by Crippen LogP contribution is -2.24. The second kappa shape index (κ2) is 6.50. The fraction of sp³-hybridized carbons (Fsp3) is 0.400. The fourth-order valence-corrected chi connectivity index (χ4v) is 2.24. The van der Waals surface area contributed by atoms with Gasteiger partial charge in [0.1, 0.15) is 0 Å². The van der Waals surface area contributed by atoms with E-state index < -0.39 is 0 Å². The number of hydrogen-bond donors (Lipinski definition) is 2. The summed E-state index contributed by atoms with van der Waals surface area (Å²) in [6.07, 6.45) is 2.96. The number of rotatable bonds is 6. The smallest absolute Gasteiger partial charge is 0.0666 e. The summed E-state index contributed by atoms with van der Waals surface area (Å²) in [4.78, 5) is 0. The first kappa shape index (κ1) is 13.8. The van der Waals surface area contributed by atoms with Crippen LogP contribution in [0.25, 0.3) is 0 Å². The van der Waals surface area contributed by atoms with Gasteiger partial charge in [-0.05, 0) is 12.0 Å². The highest BCUT2D eigenvalue weighted by Crippen LogP contribution is 2.14. The first-order valence-corrected chi connectivity index (χ1v) is 6.65. The van der Waals surface area contributed by atoms with Gasteiger partial charge in [0.05, 0.1) is 18.3 Å². The third kappa shape index (κ3) is 3.43. The van der Waals surface area contributed by atoms with Crippen LogP contribution in [0, 0.1) is 0 Å². The van der Waals surface area contributed by atoms with E-state index in [0.717, 1.165) is 24.2 Å². The maximum atomic E-state index is 9.51. The number of nitrogens with one attached hydrogen (secondary N) is 1. The zero-order valence-electron chi connectivity index (χ0n) is 11.5. The Balaban J connectivity index is 2.04. The van der Waals surface area contributed by atoms with Crippen molar-refractivity contribution in [3.63, 3.8) is 0 Å². The SMILES string of the molecule is CCc1nn(C)cc1CN[C@H](CO)c1ccccc1. The van der Waals surface area contributed by atoms with Crippen molar-refractivity contribution in [2.45, 2.75) is 25.9 Å². The van der Waals surface area contributed by atoms with Crippen molar-refractivity contribution in [3.05, 3.63) is 53.3 Å². The number of aryl methyl sites for hydroxylation is 2. The van der Waals surface area contributed by atoms with E-state index in [1.54, 1.807) is 0 Å². The standard InChI is InChI=1S/C15H21N3O/c1-3-14-13(10-18(2)17-14)9-16-15(11-19)12-7-5-4-6-8-12/h4-8,10,15-16,19H,3,9,11H2,1-2H3/t15-/m1/s1. The number of nitrogens with zero attached hydrogens (tertiary/aromatic N) is 2. The zero-order valence-corrected chi connectivity index (χ0v) is 11.5. The Hall–Kier alpha value is -1.65. The summed E-state index contributed by atoms with van der Waals surface area (Å²) in [6, 6.07) is 9.97. The lowest BCUT2D eigenvalue weighted by atomic mass is 10.1. The largest absolute Gasteiger partial charge is 0.394 e. The third-order valence-electron chi connectivity index (χ3n) is 3.25. The number of benzene rings is 1. The van der Waals surface area contributed by atoms with Crippen LogP contribution in [-0.4, -0.2) is 21.5 Å². The van der Waals surface area contributed by atoms with Crippen molar-refractivity contribution >= 4 is 0 Å². The van der Waals surface area contributed by atoms with Gasteiger partial charge in [-0.15, -0.1) is 0 Å². The minimum Gasteiger partial charge on any atom is -0.394 e. The summed E-state index contributed by atoms with van der Waals surface area (Å²) in [5.74, 6) is 0. The van der Waals surface area contributed by atoms with Crippen LogP contribution in [0.15, 0.2) is 36.5 Å². The van der Waals surface area contributed by atoms with Gasteiger partial charge < -0.3 is 10.4 Å². The molecule has 0 spiro atoms. The minimum atomic E-state index is -0.0360. The number of aliphatic hydroxyl groups is 1. The molecular weight excluding hydrogens is 238 g/mol. The van der Waals surface area contributed by atoms with Crippen molar-refractivity contribution in [1.29, 1.82) is 0 Å². The molecule has 102 valence electrons. The van der Waals surface area contributed by atoms with Crippen molar-refractivity contribution in [1.82, 2.24) is 15.1 Å². The Labute approximate surface area is 114 Å². The highest BCUT2D eigenvalue weighted by atomic mass is 16.3. The predicted molar refractivity (Wildman–Crippen MR) is 75.7 cm³/mol. The van der Waals surface area contributed by atoms with Crippen LogP contribution in [0.4, 0.5) is 0 Å². The Bertz CT molecular complexity index is 507. The van der Waals surface area contributed by atoms with E-state index in [1.807, 2.05) is 48.3 Å². The molecule has 0 aliphatic heterocycles. The van der Waals surface area contributed by atoms with E-state index in [0.29, 0.717) is 0 Å². The quantitative estimate of drug-likeness (QED) is 0.832. The average Bonchev–Trinajstić information content (AvgIpc) is 2.81. The molecule has 4 nitrogen and oxygen atoms in total. The van der Waals surface area contributed by atoms with Crippen molar-refractivity contribution in [2.75, 3.05) is 6.61 Å². The molecule has 0 aliphatic rings. The summed E-state index contributed by atoms with van der Waals surface area (Å²) in [7, 11) is 1.93. The van der Waals surface area contributed by atoms with E-state index in [-0.39, 0.29) is 12.6 Å². The molecule has 0 saturated carbocycles. The van der Waals surface area contributed by atoms with E-state index in [1.165, 1.54) is 5.56 Å². The highest BCUT2D eigenvalue weighted by Gasteiger charge is 2.11. The monoisotopic (exact) mass is 259 g/mol. The number of aliphatic hydroxyl groups excluding tert-OH is 1. The summed E-state index contributed by atoms with van der Waals surface area (Å²) < 4.78 is 1.84. The summed E-state index contributed by atoms with van der Waals surface area (Å²) >= 11 is 0. The maximum absolute atomic E-state index is 9.51. The molecule has 0 radical (unpaired) electrons. The van der Waals surface area contributed by atoms with Gasteiger partial charge >= 0.3 is 0 Å². The van der Waals surface area contributed by atoms with Crippen LogP contribution >= 0.6 is 0 Å². The van der Waals surface area contributed by atoms with E-state index >= 15 is 0 Å². The first-order chi connectivity index (χ1) is 9.24. The molecule has 2 rings (SSSR count). The van der Waals surface area contributed by atoms with E-state index in [2.05, 4.69) is 17.3 Å². The van der Waals surface area contributed by atoms with Gasteiger partial charge in [0.2, 0.25) is 0 Å². The first-order valence-electron chi connectivity index (χ1n) is 6.65. The minimum absolute atomic E-state index is 0.0360. The van der Waals surface area contributed by atoms with Crippen LogP contribution in [-0.2, 0) is 20.0 Å². The molecule has 2 aromatic rings. The van der Waals surface area contributed by atoms with Gasteiger partial charge in [-0.1, -0.05) is 37.3 Å². The average molecular weight is 259 g/mol. The molecule has 1 heterocycles. The molecule has 1 aromatic heterocycles. The Kier molecular flexibility index (Phi) is 4.71. The molecule has 0 fully saturated rings. The van der Waals surface area contributed by atoms with Crippen molar-refractivity contribution < 1.29 is 5.11 Å². The number of aromatic nitrogens is 2. The second-order valence-electron chi connectivity index (χ2n) is 4.65. The Morgan fingerprint density at radius 3 is 2.68 bits per heavy atom.